The molecule has 0 aliphatic carbocycles. The van der Waals surface area contributed by atoms with Crippen LogP contribution in [0.2, 0.25) is 0 Å². The van der Waals surface area contributed by atoms with Crippen molar-refractivity contribution < 1.29 is 4.79 Å². The summed E-state index contributed by atoms with van der Waals surface area (Å²) < 4.78 is 0. The number of benzene rings is 1. The Balaban J connectivity index is 1.95. The molecule has 0 saturated carbocycles. The van der Waals surface area contributed by atoms with E-state index in [0.29, 0.717) is 17.8 Å². The lowest BCUT2D eigenvalue weighted by Crippen LogP contribution is -2.43. The van der Waals surface area contributed by atoms with Crippen molar-refractivity contribution in [2.24, 2.45) is 0 Å². The number of hydrogen-bond donors (Lipinski definition) is 0. The maximum atomic E-state index is 13.0. The molecular weight excluding hydrogens is 300 g/mol. The predicted molar refractivity (Wildman–Crippen MR) is 92.6 cm³/mol. The van der Waals surface area contributed by atoms with Gasteiger partial charge in [-0.05, 0) is 30.2 Å². The maximum absolute atomic E-state index is 13.0. The number of amides is 1. The van der Waals surface area contributed by atoms with Crippen LogP contribution < -0.4 is 4.90 Å². The van der Waals surface area contributed by atoms with Gasteiger partial charge < -0.3 is 9.80 Å². The Bertz CT molecular complexity index is 779. The highest BCUT2D eigenvalue weighted by molar-refractivity contribution is 5.92. The molecule has 122 valence electrons. The summed E-state index contributed by atoms with van der Waals surface area (Å²) in [6.07, 6.45) is 2.33. The largest absolute Gasteiger partial charge is 0.372 e. The van der Waals surface area contributed by atoms with E-state index in [4.69, 9.17) is 5.26 Å². The summed E-state index contributed by atoms with van der Waals surface area (Å²) in [5, 5.41) is 8.88. The highest BCUT2D eigenvalue weighted by Crippen LogP contribution is 2.27. The highest BCUT2D eigenvalue weighted by atomic mass is 16.2. The molecule has 5 nitrogen and oxygen atoms in total. The van der Waals surface area contributed by atoms with Crippen molar-refractivity contribution in [1.82, 2.24) is 9.88 Å². The molecule has 5 heteroatoms. The molecule has 1 aromatic heterocycles. The number of likely N-dealkylation sites (N-methyl/N-ethyl adjacent to an activating group) is 1. The zero-order chi connectivity index (χ0) is 17.1. The standard InChI is InChI=1S/C19H20N4O/c1-3-16-13-22(2)18-7-5-4-6-15(18)12-23(16)19(24)17-9-8-14(10-20)11-21-17/h4-9,11,16H,3,12-13H2,1-2H3/t16-/m1/s1. The van der Waals surface area contributed by atoms with E-state index in [0.717, 1.165) is 18.5 Å². The Hall–Kier alpha value is -2.87. The second kappa shape index (κ2) is 6.71. The third-order valence-corrected chi connectivity index (χ3v) is 4.51. The quantitative estimate of drug-likeness (QED) is 0.854. The van der Waals surface area contributed by atoms with Crippen molar-refractivity contribution in [3.8, 4) is 6.07 Å². The van der Waals surface area contributed by atoms with E-state index >= 15 is 0 Å². The minimum Gasteiger partial charge on any atom is -0.372 e. The van der Waals surface area contributed by atoms with Crippen LogP contribution in [0.4, 0.5) is 5.69 Å². The van der Waals surface area contributed by atoms with Gasteiger partial charge >= 0.3 is 0 Å². The molecule has 1 aliphatic heterocycles. The van der Waals surface area contributed by atoms with Crippen LogP contribution >= 0.6 is 0 Å². The van der Waals surface area contributed by atoms with Gasteiger partial charge in [-0.1, -0.05) is 25.1 Å². The van der Waals surface area contributed by atoms with Gasteiger partial charge in [-0.2, -0.15) is 5.26 Å². The number of fused-ring (bicyclic) bond motifs is 1. The van der Waals surface area contributed by atoms with Gasteiger partial charge in [0.05, 0.1) is 5.56 Å². The molecule has 1 amide bonds. The third kappa shape index (κ3) is 2.95. The monoisotopic (exact) mass is 320 g/mol. The van der Waals surface area contributed by atoms with Crippen LogP contribution in [0.3, 0.4) is 0 Å². The number of carbonyl (C=O) groups excluding carboxylic acids is 1. The summed E-state index contributed by atoms with van der Waals surface area (Å²) in [4.78, 5) is 21.3. The summed E-state index contributed by atoms with van der Waals surface area (Å²) in [5.74, 6) is -0.0866. The maximum Gasteiger partial charge on any atom is 0.273 e. The molecule has 1 atom stereocenters. The Morgan fingerprint density at radius 3 is 2.79 bits per heavy atom. The summed E-state index contributed by atoms with van der Waals surface area (Å²) in [5.41, 5.74) is 3.14. The summed E-state index contributed by atoms with van der Waals surface area (Å²) in [7, 11) is 2.06. The van der Waals surface area contributed by atoms with E-state index < -0.39 is 0 Å². The Kier molecular flexibility index (Phi) is 4.48. The fourth-order valence-electron chi connectivity index (χ4n) is 3.16. The van der Waals surface area contributed by atoms with E-state index in [-0.39, 0.29) is 11.9 Å². The van der Waals surface area contributed by atoms with Crippen LogP contribution in [0.25, 0.3) is 0 Å². The number of nitrogens with zero attached hydrogens (tertiary/aromatic N) is 4. The normalized spacial score (nSPS) is 17.0. The van der Waals surface area contributed by atoms with Gasteiger partial charge in [0, 0.05) is 38.1 Å². The number of anilines is 1. The molecule has 0 bridgehead atoms. The predicted octanol–water partition coefficient (Wildman–Crippen LogP) is 2.82. The average molecular weight is 320 g/mol. The lowest BCUT2D eigenvalue weighted by Gasteiger charge is -2.30. The molecule has 0 fully saturated rings. The molecule has 3 rings (SSSR count). The number of hydrogen-bond acceptors (Lipinski definition) is 4. The van der Waals surface area contributed by atoms with Gasteiger partial charge in [-0.25, -0.2) is 4.98 Å². The second-order valence-electron chi connectivity index (χ2n) is 6.05. The van der Waals surface area contributed by atoms with E-state index in [9.17, 15) is 4.79 Å². The van der Waals surface area contributed by atoms with Crippen LogP contribution in [-0.2, 0) is 6.54 Å². The van der Waals surface area contributed by atoms with E-state index in [1.54, 1.807) is 12.1 Å². The molecule has 0 radical (unpaired) electrons. The van der Waals surface area contributed by atoms with Crippen LogP contribution in [0.5, 0.6) is 0 Å². The second-order valence-corrected chi connectivity index (χ2v) is 6.05. The molecule has 0 unspecified atom stereocenters. The van der Waals surface area contributed by atoms with Gasteiger partial charge in [0.25, 0.3) is 5.91 Å². The topological polar surface area (TPSA) is 60.2 Å². The van der Waals surface area contributed by atoms with Crippen LogP contribution in [0.15, 0.2) is 42.6 Å². The third-order valence-electron chi connectivity index (χ3n) is 4.51. The fraction of sp³-hybridized carbons (Fsp3) is 0.316. The zero-order valence-corrected chi connectivity index (χ0v) is 13.9. The molecule has 1 aliphatic rings. The van der Waals surface area contributed by atoms with Crippen LogP contribution in [-0.4, -0.2) is 35.4 Å². The van der Waals surface area contributed by atoms with Crippen molar-refractivity contribution in [3.63, 3.8) is 0 Å². The lowest BCUT2D eigenvalue weighted by molar-refractivity contribution is 0.0661. The van der Waals surface area contributed by atoms with Crippen LogP contribution in [0, 0.1) is 11.3 Å². The molecule has 1 aromatic carbocycles. The molecule has 0 N–H and O–H groups in total. The average Bonchev–Trinajstić information content (AvgIpc) is 2.78. The lowest BCUT2D eigenvalue weighted by atomic mass is 10.1. The first-order valence-electron chi connectivity index (χ1n) is 8.10. The number of nitriles is 1. The Morgan fingerprint density at radius 1 is 1.33 bits per heavy atom. The SMILES string of the molecule is CC[C@@H]1CN(C)c2ccccc2CN1C(=O)c1ccc(C#N)cn1. The number of para-hydroxylation sites is 1. The number of pyridine rings is 1. The van der Waals surface area contributed by atoms with Crippen molar-refractivity contribution in [2.75, 3.05) is 18.5 Å². The van der Waals surface area contributed by atoms with E-state index in [1.165, 1.54) is 11.9 Å². The smallest absolute Gasteiger partial charge is 0.273 e. The first kappa shape index (κ1) is 16.0. The van der Waals surface area contributed by atoms with Gasteiger partial charge in [0.15, 0.2) is 0 Å². The zero-order valence-electron chi connectivity index (χ0n) is 13.9. The highest BCUT2D eigenvalue weighted by Gasteiger charge is 2.29. The molecular formula is C19H20N4O. The summed E-state index contributed by atoms with van der Waals surface area (Å²) >= 11 is 0. The minimum absolute atomic E-state index is 0.0866. The van der Waals surface area contributed by atoms with Crippen molar-refractivity contribution in [1.29, 1.82) is 5.26 Å². The van der Waals surface area contributed by atoms with E-state index in [1.807, 2.05) is 23.1 Å². The summed E-state index contributed by atoms with van der Waals surface area (Å²) in [6.45, 7) is 3.45. The molecule has 2 aromatic rings. The van der Waals surface area contributed by atoms with Crippen molar-refractivity contribution in [2.45, 2.75) is 25.9 Å². The summed E-state index contributed by atoms with van der Waals surface area (Å²) in [6, 6.07) is 13.6. The van der Waals surface area contributed by atoms with Crippen LogP contribution in [0.1, 0.15) is 35.0 Å². The molecule has 0 spiro atoms. The van der Waals surface area contributed by atoms with E-state index in [2.05, 4.69) is 36.0 Å². The number of rotatable bonds is 2. The first-order chi connectivity index (χ1) is 11.6. The number of carbonyl (C=O) groups is 1. The Labute approximate surface area is 142 Å². The Morgan fingerprint density at radius 2 is 2.12 bits per heavy atom. The first-order valence-corrected chi connectivity index (χ1v) is 8.10. The van der Waals surface area contributed by atoms with Gasteiger partial charge in [-0.3, -0.25) is 4.79 Å². The molecule has 0 saturated heterocycles. The fourth-order valence-corrected chi connectivity index (χ4v) is 3.16. The number of aromatic nitrogens is 1. The van der Waals surface area contributed by atoms with Gasteiger partial charge in [-0.15, -0.1) is 0 Å². The van der Waals surface area contributed by atoms with Crippen molar-refractivity contribution >= 4 is 11.6 Å². The minimum atomic E-state index is -0.0866. The van der Waals surface area contributed by atoms with Gasteiger partial charge in [0.2, 0.25) is 0 Å². The van der Waals surface area contributed by atoms with Crippen molar-refractivity contribution in [3.05, 3.63) is 59.4 Å². The molecule has 24 heavy (non-hydrogen) atoms. The van der Waals surface area contributed by atoms with Gasteiger partial charge in [0.1, 0.15) is 11.8 Å². The molecule has 2 heterocycles.